The largest absolute Gasteiger partial charge is 0.495 e. The summed E-state index contributed by atoms with van der Waals surface area (Å²) in [4.78, 5) is 2.28. The lowest BCUT2D eigenvalue weighted by atomic mass is 10.1. The topological polar surface area (TPSA) is 32.7 Å². The van der Waals surface area contributed by atoms with Gasteiger partial charge in [0.05, 0.1) is 17.3 Å². The number of nitrogens with zero attached hydrogens (tertiary/aromatic N) is 1. The lowest BCUT2D eigenvalue weighted by molar-refractivity contribution is 0.238. The van der Waals surface area contributed by atoms with Crippen molar-refractivity contribution in [3.63, 3.8) is 0 Å². The van der Waals surface area contributed by atoms with Crippen molar-refractivity contribution in [2.24, 2.45) is 5.92 Å². The average Bonchev–Trinajstić information content (AvgIpc) is 2.78. The van der Waals surface area contributed by atoms with Crippen LogP contribution in [0.4, 0.5) is 5.69 Å². The molecule has 1 atom stereocenters. The molecule has 3 nitrogen and oxygen atoms in total. The van der Waals surface area contributed by atoms with Crippen molar-refractivity contribution in [3.05, 3.63) is 21.1 Å². The Bertz CT molecular complexity index is 412. The van der Waals surface area contributed by atoms with E-state index in [9.17, 15) is 5.11 Å². The zero-order valence-electron chi connectivity index (χ0n) is 9.62. The fourth-order valence-electron chi connectivity index (χ4n) is 2.12. The highest BCUT2D eigenvalue weighted by atomic mass is 79.9. The summed E-state index contributed by atoms with van der Waals surface area (Å²) in [6.07, 6.45) is 1.04. The first-order chi connectivity index (χ1) is 8.15. The Labute approximate surface area is 118 Å². The number of hydrogen-bond acceptors (Lipinski definition) is 3. The van der Waals surface area contributed by atoms with Gasteiger partial charge >= 0.3 is 0 Å². The Morgan fingerprint density at radius 1 is 1.41 bits per heavy atom. The maximum atomic E-state index is 9.17. The lowest BCUT2D eigenvalue weighted by Crippen LogP contribution is -2.21. The number of anilines is 1. The van der Waals surface area contributed by atoms with E-state index in [4.69, 9.17) is 4.74 Å². The molecular weight excluding hydrogens is 350 g/mol. The zero-order valence-corrected chi connectivity index (χ0v) is 12.8. The van der Waals surface area contributed by atoms with Gasteiger partial charge in [-0.2, -0.15) is 0 Å². The van der Waals surface area contributed by atoms with Gasteiger partial charge in [-0.25, -0.2) is 0 Å². The molecule has 0 aromatic heterocycles. The van der Waals surface area contributed by atoms with Crippen molar-refractivity contribution in [3.8, 4) is 5.75 Å². The van der Waals surface area contributed by atoms with Crippen LogP contribution in [0.25, 0.3) is 0 Å². The minimum Gasteiger partial charge on any atom is -0.495 e. The third-order valence-corrected chi connectivity index (χ3v) is 4.36. The minimum absolute atomic E-state index is 0.266. The molecule has 0 aliphatic carbocycles. The van der Waals surface area contributed by atoms with Crippen molar-refractivity contribution in [2.45, 2.75) is 6.42 Å². The Hall–Kier alpha value is -0.260. The van der Waals surface area contributed by atoms with E-state index in [-0.39, 0.29) is 6.61 Å². The van der Waals surface area contributed by atoms with Gasteiger partial charge in [0.25, 0.3) is 0 Å². The molecular formula is C12H15Br2NO2. The summed E-state index contributed by atoms with van der Waals surface area (Å²) >= 11 is 7.03. The zero-order chi connectivity index (χ0) is 12.4. The van der Waals surface area contributed by atoms with Crippen LogP contribution in [-0.2, 0) is 0 Å². The quantitative estimate of drug-likeness (QED) is 0.894. The molecule has 0 spiro atoms. The molecule has 1 N–H and O–H groups in total. The molecule has 1 aliphatic heterocycles. The van der Waals surface area contributed by atoms with E-state index in [0.29, 0.717) is 5.92 Å². The summed E-state index contributed by atoms with van der Waals surface area (Å²) < 4.78 is 7.29. The number of aliphatic hydroxyl groups excluding tert-OH is 1. The van der Waals surface area contributed by atoms with Crippen LogP contribution in [0.15, 0.2) is 21.1 Å². The monoisotopic (exact) mass is 363 g/mol. The Balaban J connectivity index is 2.26. The van der Waals surface area contributed by atoms with Crippen LogP contribution < -0.4 is 9.64 Å². The smallest absolute Gasteiger partial charge is 0.135 e. The Kier molecular flexibility index (Phi) is 4.33. The standard InChI is InChI=1S/C12H15Br2NO2/c1-17-12-5-11(9(13)4-10(12)14)15-3-2-8(6-15)7-16/h4-5,8,16H,2-3,6-7H2,1H3. The Morgan fingerprint density at radius 2 is 2.18 bits per heavy atom. The molecule has 0 bridgehead atoms. The van der Waals surface area contributed by atoms with Crippen molar-refractivity contribution < 1.29 is 9.84 Å². The summed E-state index contributed by atoms with van der Waals surface area (Å²) in [6, 6.07) is 4.02. The van der Waals surface area contributed by atoms with Crippen molar-refractivity contribution in [1.82, 2.24) is 0 Å². The molecule has 0 radical (unpaired) electrons. The first-order valence-corrected chi connectivity index (χ1v) is 7.13. The van der Waals surface area contributed by atoms with E-state index in [1.54, 1.807) is 7.11 Å². The van der Waals surface area contributed by atoms with Gasteiger partial charge in [-0.1, -0.05) is 0 Å². The molecule has 1 unspecified atom stereocenters. The first-order valence-electron chi connectivity index (χ1n) is 5.54. The molecule has 2 rings (SSSR count). The second-order valence-corrected chi connectivity index (χ2v) is 5.93. The highest BCUT2D eigenvalue weighted by molar-refractivity contribution is 9.11. The molecule has 1 heterocycles. The summed E-state index contributed by atoms with van der Waals surface area (Å²) in [5.41, 5.74) is 1.13. The maximum absolute atomic E-state index is 9.17. The number of hydrogen-bond donors (Lipinski definition) is 1. The fourth-order valence-corrected chi connectivity index (χ4v) is 3.52. The van der Waals surface area contributed by atoms with Crippen LogP contribution >= 0.6 is 31.9 Å². The third-order valence-electron chi connectivity index (χ3n) is 3.11. The highest BCUT2D eigenvalue weighted by Gasteiger charge is 2.24. The molecule has 94 valence electrons. The van der Waals surface area contributed by atoms with Gasteiger partial charge in [-0.05, 0) is 44.3 Å². The van der Waals surface area contributed by atoms with E-state index in [1.165, 1.54) is 0 Å². The Morgan fingerprint density at radius 3 is 2.76 bits per heavy atom. The van der Waals surface area contributed by atoms with E-state index in [2.05, 4.69) is 36.8 Å². The van der Waals surface area contributed by atoms with Crippen LogP contribution in [0.5, 0.6) is 5.75 Å². The molecule has 5 heteroatoms. The van der Waals surface area contributed by atoms with E-state index in [1.807, 2.05) is 12.1 Å². The van der Waals surface area contributed by atoms with E-state index < -0.39 is 0 Å². The van der Waals surface area contributed by atoms with Crippen LogP contribution in [0, 0.1) is 5.92 Å². The number of halogens is 2. The van der Waals surface area contributed by atoms with Gasteiger partial charge in [0.15, 0.2) is 0 Å². The number of ether oxygens (including phenoxy) is 1. The summed E-state index contributed by atoms with van der Waals surface area (Å²) in [5.74, 6) is 1.21. The summed E-state index contributed by atoms with van der Waals surface area (Å²) in [5, 5.41) is 9.17. The highest BCUT2D eigenvalue weighted by Crippen LogP contribution is 2.38. The van der Waals surface area contributed by atoms with Gasteiger partial charge in [-0.15, -0.1) is 0 Å². The average molecular weight is 365 g/mol. The van der Waals surface area contributed by atoms with Gasteiger partial charge < -0.3 is 14.7 Å². The number of aliphatic hydroxyl groups is 1. The SMILES string of the molecule is COc1cc(N2CCC(CO)C2)c(Br)cc1Br. The van der Waals surface area contributed by atoms with Crippen molar-refractivity contribution in [2.75, 3.05) is 31.7 Å². The van der Waals surface area contributed by atoms with Crippen molar-refractivity contribution in [1.29, 1.82) is 0 Å². The minimum atomic E-state index is 0.266. The molecule has 17 heavy (non-hydrogen) atoms. The van der Waals surface area contributed by atoms with E-state index in [0.717, 1.165) is 39.9 Å². The molecule has 1 aromatic rings. The maximum Gasteiger partial charge on any atom is 0.135 e. The van der Waals surface area contributed by atoms with Crippen LogP contribution in [0.1, 0.15) is 6.42 Å². The van der Waals surface area contributed by atoms with Gasteiger partial charge in [-0.3, -0.25) is 0 Å². The summed E-state index contributed by atoms with van der Waals surface area (Å²) in [7, 11) is 1.66. The van der Waals surface area contributed by atoms with Crippen LogP contribution in [0.2, 0.25) is 0 Å². The molecule has 0 saturated carbocycles. The predicted molar refractivity (Wildman–Crippen MR) is 75.8 cm³/mol. The molecule has 1 aromatic carbocycles. The predicted octanol–water partition coefficient (Wildman–Crippen LogP) is 3.04. The second-order valence-electron chi connectivity index (χ2n) is 4.22. The number of methoxy groups -OCH3 is 1. The number of rotatable bonds is 3. The van der Waals surface area contributed by atoms with Crippen LogP contribution in [0.3, 0.4) is 0 Å². The lowest BCUT2D eigenvalue weighted by Gasteiger charge is -2.21. The van der Waals surface area contributed by atoms with Crippen LogP contribution in [-0.4, -0.2) is 31.9 Å². The van der Waals surface area contributed by atoms with Gasteiger partial charge in [0, 0.05) is 36.2 Å². The normalized spacial score (nSPS) is 19.8. The number of benzene rings is 1. The molecule has 1 saturated heterocycles. The fraction of sp³-hybridized carbons (Fsp3) is 0.500. The van der Waals surface area contributed by atoms with Gasteiger partial charge in [0.2, 0.25) is 0 Å². The molecule has 0 amide bonds. The molecule has 1 aliphatic rings. The van der Waals surface area contributed by atoms with Crippen molar-refractivity contribution >= 4 is 37.5 Å². The first kappa shape index (κ1) is 13.2. The van der Waals surface area contributed by atoms with E-state index >= 15 is 0 Å². The third kappa shape index (κ3) is 2.77. The molecule has 1 fully saturated rings. The second kappa shape index (κ2) is 5.59. The van der Waals surface area contributed by atoms with Gasteiger partial charge in [0.1, 0.15) is 5.75 Å². The summed E-state index contributed by atoms with van der Waals surface area (Å²) in [6.45, 7) is 2.15.